The van der Waals surface area contributed by atoms with Gasteiger partial charge in [0, 0.05) is 38.2 Å². The Morgan fingerprint density at radius 3 is 2.55 bits per heavy atom. The van der Waals surface area contributed by atoms with Gasteiger partial charge in [-0.2, -0.15) is 4.31 Å². The molecule has 10 nitrogen and oxygen atoms in total. The fourth-order valence-electron chi connectivity index (χ4n) is 5.48. The number of pyridine rings is 1. The molecule has 3 aliphatic rings. The van der Waals surface area contributed by atoms with Crippen LogP contribution >= 0.6 is 0 Å². The summed E-state index contributed by atoms with van der Waals surface area (Å²) in [6.45, 7) is 8.29. The summed E-state index contributed by atoms with van der Waals surface area (Å²) >= 11 is 0. The number of nitrogens with zero attached hydrogens (tertiary/aromatic N) is 3. The van der Waals surface area contributed by atoms with E-state index in [9.17, 15) is 18.0 Å². The third kappa shape index (κ3) is 4.76. The van der Waals surface area contributed by atoms with Gasteiger partial charge in [-0.25, -0.2) is 18.2 Å². The molecule has 1 saturated carbocycles. The molecule has 2 amide bonds. The maximum absolute atomic E-state index is 13.6. The van der Waals surface area contributed by atoms with Crippen LogP contribution in [-0.4, -0.2) is 58.3 Å². The highest BCUT2D eigenvalue weighted by molar-refractivity contribution is 7.89. The van der Waals surface area contributed by atoms with Crippen molar-refractivity contribution in [2.45, 2.75) is 56.7 Å². The molecular formula is C27H33N5O5S. The van der Waals surface area contributed by atoms with Gasteiger partial charge in [0.1, 0.15) is 11.2 Å². The number of rotatable bonds is 7. The minimum atomic E-state index is -3.78. The Kier molecular flexibility index (Phi) is 6.47. The third-order valence-corrected chi connectivity index (χ3v) is 9.58. The van der Waals surface area contributed by atoms with Crippen LogP contribution in [0.3, 0.4) is 0 Å². The molecule has 3 unspecified atom stereocenters. The molecule has 2 bridgehead atoms. The number of aromatic nitrogens is 2. The molecule has 202 valence electrons. The number of ether oxygens (including phenoxy) is 1. The van der Waals surface area contributed by atoms with Gasteiger partial charge in [0.05, 0.1) is 16.0 Å². The van der Waals surface area contributed by atoms with Gasteiger partial charge in [-0.15, -0.1) is 0 Å². The molecule has 3 atom stereocenters. The van der Waals surface area contributed by atoms with E-state index in [2.05, 4.69) is 15.6 Å². The standard InChI is InChI=1S/C27H33N5O5S/c1-18-21-13-27(18,17-30-25(34)37-26(2,3)4)32(16-21)38(35,36)22-8-5-19(6-9-22)14-29-24(33)20-7-10-23-28-11-12-31(23)15-20/h5-12,15,18,21H,13-14,16-17H2,1-4H3,(H,29,33)(H,30,34). The second-order valence-corrected chi connectivity index (χ2v) is 13.0. The maximum Gasteiger partial charge on any atom is 0.407 e. The van der Waals surface area contributed by atoms with Gasteiger partial charge in [-0.05, 0) is 68.9 Å². The largest absolute Gasteiger partial charge is 0.444 e. The highest BCUT2D eigenvalue weighted by atomic mass is 32.2. The lowest BCUT2D eigenvalue weighted by Crippen LogP contribution is -2.60. The number of sulfonamides is 1. The Bertz CT molecular complexity index is 1480. The first-order chi connectivity index (χ1) is 17.9. The molecule has 1 aromatic carbocycles. The summed E-state index contributed by atoms with van der Waals surface area (Å²) in [5.41, 5.74) is 0.740. The van der Waals surface area contributed by atoms with Crippen LogP contribution in [0.5, 0.6) is 0 Å². The molecule has 38 heavy (non-hydrogen) atoms. The first kappa shape index (κ1) is 26.2. The van der Waals surface area contributed by atoms with E-state index in [0.717, 1.165) is 11.2 Å². The van der Waals surface area contributed by atoms with Crippen LogP contribution in [0, 0.1) is 11.8 Å². The van der Waals surface area contributed by atoms with Gasteiger partial charge in [-0.1, -0.05) is 19.1 Å². The molecule has 11 heteroatoms. The van der Waals surface area contributed by atoms with Crippen molar-refractivity contribution in [1.29, 1.82) is 0 Å². The summed E-state index contributed by atoms with van der Waals surface area (Å²) in [6.07, 6.45) is 5.30. The van der Waals surface area contributed by atoms with Crippen molar-refractivity contribution in [3.05, 3.63) is 66.1 Å². The van der Waals surface area contributed by atoms with E-state index in [1.807, 2.05) is 6.92 Å². The number of nitrogens with one attached hydrogen (secondary N) is 2. The summed E-state index contributed by atoms with van der Waals surface area (Å²) in [6, 6.07) is 10.0. The van der Waals surface area contributed by atoms with Crippen LogP contribution in [0.25, 0.3) is 5.65 Å². The summed E-state index contributed by atoms with van der Waals surface area (Å²) in [7, 11) is -3.78. The molecule has 0 radical (unpaired) electrons. The fraction of sp³-hybridized carbons (Fsp3) is 0.444. The Balaban J connectivity index is 1.24. The van der Waals surface area contributed by atoms with Gasteiger partial charge in [0.25, 0.3) is 5.91 Å². The predicted molar refractivity (Wildman–Crippen MR) is 141 cm³/mol. The van der Waals surface area contributed by atoms with Crippen molar-refractivity contribution in [3.63, 3.8) is 0 Å². The number of hydrogen-bond acceptors (Lipinski definition) is 6. The van der Waals surface area contributed by atoms with Gasteiger partial charge in [0.2, 0.25) is 10.0 Å². The molecule has 1 aliphatic carbocycles. The second kappa shape index (κ2) is 9.39. The highest BCUT2D eigenvalue weighted by Crippen LogP contribution is 2.56. The van der Waals surface area contributed by atoms with Crippen molar-refractivity contribution >= 4 is 27.7 Å². The van der Waals surface area contributed by atoms with Gasteiger partial charge >= 0.3 is 6.09 Å². The fourth-order valence-corrected chi connectivity index (χ4v) is 7.39. The van der Waals surface area contributed by atoms with E-state index in [0.29, 0.717) is 18.5 Å². The number of carbonyl (C=O) groups is 2. The molecule has 2 N–H and O–H groups in total. The van der Waals surface area contributed by atoms with Crippen LogP contribution in [0.2, 0.25) is 0 Å². The molecule has 2 aliphatic heterocycles. The quantitative estimate of drug-likeness (QED) is 0.476. The van der Waals surface area contributed by atoms with Crippen LogP contribution in [0.4, 0.5) is 4.79 Å². The average Bonchev–Trinajstić information content (AvgIpc) is 3.57. The summed E-state index contributed by atoms with van der Waals surface area (Å²) < 4.78 is 36.0. The third-order valence-electron chi connectivity index (χ3n) is 7.62. The number of amides is 2. The van der Waals surface area contributed by atoms with E-state index in [1.54, 1.807) is 84.5 Å². The molecule has 4 heterocycles. The van der Waals surface area contributed by atoms with Crippen molar-refractivity contribution < 1.29 is 22.7 Å². The molecule has 0 spiro atoms. The lowest BCUT2D eigenvalue weighted by Gasteiger charge is -2.47. The summed E-state index contributed by atoms with van der Waals surface area (Å²) in [4.78, 5) is 29.2. The lowest BCUT2D eigenvalue weighted by molar-refractivity contribution is 0.0400. The lowest BCUT2D eigenvalue weighted by atomic mass is 9.64. The smallest absolute Gasteiger partial charge is 0.407 e. The second-order valence-electron chi connectivity index (χ2n) is 11.2. The zero-order valence-corrected chi connectivity index (χ0v) is 22.8. The van der Waals surface area contributed by atoms with E-state index < -0.39 is 27.3 Å². The molecule has 2 saturated heterocycles. The molecule has 3 aromatic rings. The van der Waals surface area contributed by atoms with E-state index >= 15 is 0 Å². The first-order valence-corrected chi connectivity index (χ1v) is 14.1. The minimum Gasteiger partial charge on any atom is -0.444 e. The van der Waals surface area contributed by atoms with Gasteiger partial charge in [0.15, 0.2) is 0 Å². The Hall–Kier alpha value is -3.44. The van der Waals surface area contributed by atoms with Gasteiger partial charge in [-0.3, -0.25) is 4.79 Å². The number of hydrogen-bond donors (Lipinski definition) is 2. The van der Waals surface area contributed by atoms with Crippen LogP contribution in [0.1, 0.15) is 50.0 Å². The monoisotopic (exact) mass is 539 g/mol. The predicted octanol–water partition coefficient (Wildman–Crippen LogP) is 3.19. The normalized spacial score (nSPS) is 23.2. The summed E-state index contributed by atoms with van der Waals surface area (Å²) in [5.74, 6) is 0.159. The number of alkyl carbamates (subject to hydrolysis) is 1. The summed E-state index contributed by atoms with van der Waals surface area (Å²) in [5, 5.41) is 5.66. The zero-order chi connectivity index (χ0) is 27.3. The number of imidazole rings is 1. The van der Waals surface area contributed by atoms with Crippen molar-refractivity contribution in [2.24, 2.45) is 11.8 Å². The van der Waals surface area contributed by atoms with E-state index in [-0.39, 0.29) is 35.7 Å². The SMILES string of the molecule is CC1C2CN(S(=O)(=O)c3ccc(CNC(=O)c4ccc5nccn5c4)cc3)C1(CNC(=O)OC(C)(C)C)C2. The van der Waals surface area contributed by atoms with Crippen LogP contribution in [-0.2, 0) is 21.3 Å². The van der Waals surface area contributed by atoms with Crippen LogP contribution < -0.4 is 10.6 Å². The van der Waals surface area contributed by atoms with Crippen molar-refractivity contribution in [3.8, 4) is 0 Å². The number of fused-ring (bicyclic) bond motifs is 2. The maximum atomic E-state index is 13.6. The van der Waals surface area contributed by atoms with Crippen molar-refractivity contribution in [1.82, 2.24) is 24.3 Å². The Morgan fingerprint density at radius 2 is 1.87 bits per heavy atom. The topological polar surface area (TPSA) is 122 Å². The molecule has 6 rings (SSSR count). The van der Waals surface area contributed by atoms with Gasteiger partial charge < -0.3 is 19.8 Å². The minimum absolute atomic E-state index is 0.128. The Labute approximate surface area is 222 Å². The van der Waals surface area contributed by atoms with E-state index in [1.165, 1.54) is 0 Å². The number of carbonyl (C=O) groups excluding carboxylic acids is 2. The Morgan fingerprint density at radius 1 is 1.13 bits per heavy atom. The average molecular weight is 540 g/mol. The highest BCUT2D eigenvalue weighted by Gasteiger charge is 2.65. The van der Waals surface area contributed by atoms with Crippen molar-refractivity contribution in [2.75, 3.05) is 13.1 Å². The van der Waals surface area contributed by atoms with E-state index in [4.69, 9.17) is 4.74 Å². The molecular weight excluding hydrogens is 506 g/mol. The van der Waals surface area contributed by atoms with Crippen LogP contribution in [0.15, 0.2) is 59.9 Å². The first-order valence-electron chi connectivity index (χ1n) is 12.7. The molecule has 3 fully saturated rings. The molecule has 2 aromatic heterocycles. The number of benzene rings is 1. The zero-order valence-electron chi connectivity index (χ0n) is 22.0.